The molecule has 0 heterocycles. The molecule has 0 saturated carbocycles. The average molecular weight is 345 g/mol. The van der Waals surface area contributed by atoms with Crippen molar-refractivity contribution in [3.63, 3.8) is 0 Å². The van der Waals surface area contributed by atoms with Gasteiger partial charge in [0.1, 0.15) is 5.75 Å². The second-order valence-corrected chi connectivity index (χ2v) is 8.39. The van der Waals surface area contributed by atoms with Crippen LogP contribution in [-0.2, 0) is 29.2 Å². The van der Waals surface area contributed by atoms with Gasteiger partial charge in [-0.3, -0.25) is 0 Å². The van der Waals surface area contributed by atoms with Crippen molar-refractivity contribution in [1.82, 2.24) is 5.32 Å². The summed E-state index contributed by atoms with van der Waals surface area (Å²) < 4.78 is 28.3. The summed E-state index contributed by atoms with van der Waals surface area (Å²) in [6, 6.07) is 13.8. The van der Waals surface area contributed by atoms with Crippen molar-refractivity contribution in [2.24, 2.45) is 0 Å². The van der Waals surface area contributed by atoms with Crippen LogP contribution in [0.3, 0.4) is 0 Å². The van der Waals surface area contributed by atoms with E-state index in [2.05, 4.69) is 17.4 Å². The van der Waals surface area contributed by atoms with Crippen LogP contribution in [0.25, 0.3) is 0 Å². The normalized spacial score (nSPS) is 17.3. The maximum Gasteiger partial charge on any atom is 0.175 e. The van der Waals surface area contributed by atoms with Gasteiger partial charge < -0.3 is 10.1 Å². The predicted octanol–water partition coefficient (Wildman–Crippen LogP) is 2.75. The Morgan fingerprint density at radius 3 is 2.54 bits per heavy atom. The van der Waals surface area contributed by atoms with Gasteiger partial charge in [0.2, 0.25) is 0 Å². The van der Waals surface area contributed by atoms with Gasteiger partial charge in [0.25, 0.3) is 0 Å². The summed E-state index contributed by atoms with van der Waals surface area (Å²) in [6.07, 6.45) is 4.41. The smallest absolute Gasteiger partial charge is 0.175 e. The van der Waals surface area contributed by atoms with Crippen molar-refractivity contribution in [3.05, 3.63) is 59.2 Å². The van der Waals surface area contributed by atoms with Crippen molar-refractivity contribution in [2.75, 3.05) is 13.4 Å². The number of hydrogen-bond acceptors (Lipinski definition) is 4. The first-order chi connectivity index (χ1) is 11.5. The zero-order valence-electron chi connectivity index (χ0n) is 14.1. The molecule has 0 spiro atoms. The molecule has 0 amide bonds. The van der Waals surface area contributed by atoms with Crippen molar-refractivity contribution in [2.45, 2.75) is 36.7 Å². The Morgan fingerprint density at radius 1 is 1.12 bits per heavy atom. The topological polar surface area (TPSA) is 55.4 Å². The summed E-state index contributed by atoms with van der Waals surface area (Å²) in [5, 5.41) is 3.58. The van der Waals surface area contributed by atoms with Crippen molar-refractivity contribution >= 4 is 9.84 Å². The molecule has 4 nitrogen and oxygen atoms in total. The number of ether oxygens (including phenoxy) is 1. The molecule has 5 heteroatoms. The molecule has 2 aromatic carbocycles. The van der Waals surface area contributed by atoms with Crippen LogP contribution in [0.5, 0.6) is 5.75 Å². The summed E-state index contributed by atoms with van der Waals surface area (Å²) in [7, 11) is -1.43. The lowest BCUT2D eigenvalue weighted by Crippen LogP contribution is -2.34. The number of hydrogen-bond donors (Lipinski definition) is 1. The molecule has 0 bridgehead atoms. The Kier molecular flexibility index (Phi) is 4.92. The molecule has 0 fully saturated rings. The fourth-order valence-corrected chi connectivity index (χ4v) is 3.78. The van der Waals surface area contributed by atoms with Crippen molar-refractivity contribution in [3.8, 4) is 5.75 Å². The summed E-state index contributed by atoms with van der Waals surface area (Å²) in [5.74, 6) is 0.908. The van der Waals surface area contributed by atoms with E-state index < -0.39 is 9.84 Å². The van der Waals surface area contributed by atoms with Gasteiger partial charge in [0.05, 0.1) is 12.0 Å². The molecule has 0 radical (unpaired) electrons. The molecule has 1 atom stereocenters. The molecule has 0 saturated heterocycles. The minimum absolute atomic E-state index is 0.366. The van der Waals surface area contributed by atoms with Gasteiger partial charge in [-0.05, 0) is 60.2 Å². The fraction of sp³-hybridized carbons (Fsp3) is 0.368. The lowest BCUT2D eigenvalue weighted by atomic mass is 9.88. The molecular weight excluding hydrogens is 322 g/mol. The number of sulfone groups is 1. The SMILES string of the molecule is COc1ccc2c(c1)C[C@@H](NCc1ccc(S(C)(=O)=O)cc1)CC2. The molecule has 0 unspecified atom stereocenters. The van der Waals surface area contributed by atoms with E-state index in [1.54, 1.807) is 19.2 Å². The summed E-state index contributed by atoms with van der Waals surface area (Å²) in [4.78, 5) is 0.366. The standard InChI is InChI=1S/C19H23NO3S/c1-23-18-8-6-15-5-7-17(11-16(15)12-18)20-13-14-3-9-19(10-4-14)24(2,21)22/h3-4,6,8-10,12,17,20H,5,7,11,13H2,1-2H3/t17-/m0/s1. The van der Waals surface area contributed by atoms with E-state index in [9.17, 15) is 8.42 Å². The molecule has 0 aromatic heterocycles. The lowest BCUT2D eigenvalue weighted by Gasteiger charge is -2.26. The molecule has 24 heavy (non-hydrogen) atoms. The maximum absolute atomic E-state index is 11.5. The Morgan fingerprint density at radius 2 is 1.88 bits per heavy atom. The van der Waals surface area contributed by atoms with Crippen LogP contribution in [0.4, 0.5) is 0 Å². The third-order valence-electron chi connectivity index (χ3n) is 4.59. The van der Waals surface area contributed by atoms with Gasteiger partial charge >= 0.3 is 0 Å². The van der Waals surface area contributed by atoms with E-state index in [0.29, 0.717) is 10.9 Å². The van der Waals surface area contributed by atoms with Crippen LogP contribution in [-0.4, -0.2) is 27.8 Å². The quantitative estimate of drug-likeness (QED) is 0.905. The second kappa shape index (κ2) is 6.95. The first-order valence-corrected chi connectivity index (χ1v) is 10.0. The van der Waals surface area contributed by atoms with Crippen LogP contribution in [0, 0.1) is 0 Å². The third kappa shape index (κ3) is 3.97. The molecule has 3 rings (SSSR count). The molecule has 0 aliphatic heterocycles. The van der Waals surface area contributed by atoms with Crippen LogP contribution in [0.2, 0.25) is 0 Å². The summed E-state index contributed by atoms with van der Waals surface area (Å²) in [6.45, 7) is 0.744. The minimum Gasteiger partial charge on any atom is -0.497 e. The third-order valence-corrected chi connectivity index (χ3v) is 5.72. The lowest BCUT2D eigenvalue weighted by molar-refractivity contribution is 0.411. The number of benzene rings is 2. The predicted molar refractivity (Wildman–Crippen MR) is 95.2 cm³/mol. The number of fused-ring (bicyclic) bond motifs is 1. The Labute approximate surface area is 143 Å². The van der Waals surface area contributed by atoms with E-state index in [1.807, 2.05) is 18.2 Å². The van der Waals surface area contributed by atoms with E-state index in [-0.39, 0.29) is 0 Å². The molecular formula is C19H23NO3S. The fourth-order valence-electron chi connectivity index (χ4n) is 3.15. The highest BCUT2D eigenvalue weighted by Crippen LogP contribution is 2.25. The number of rotatable bonds is 5. The van der Waals surface area contributed by atoms with Crippen molar-refractivity contribution < 1.29 is 13.2 Å². The molecule has 1 aliphatic rings. The van der Waals surface area contributed by atoms with E-state index in [1.165, 1.54) is 17.4 Å². The highest BCUT2D eigenvalue weighted by atomic mass is 32.2. The van der Waals surface area contributed by atoms with Gasteiger partial charge in [-0.2, -0.15) is 0 Å². The Bertz CT molecular complexity index is 813. The average Bonchev–Trinajstić information content (AvgIpc) is 2.58. The van der Waals surface area contributed by atoms with E-state index in [0.717, 1.165) is 37.1 Å². The molecule has 1 aliphatic carbocycles. The molecule has 1 N–H and O–H groups in total. The molecule has 128 valence electrons. The number of aryl methyl sites for hydroxylation is 1. The second-order valence-electron chi connectivity index (χ2n) is 6.37. The van der Waals surface area contributed by atoms with Gasteiger partial charge in [-0.25, -0.2) is 8.42 Å². The van der Waals surface area contributed by atoms with Crippen molar-refractivity contribution in [1.29, 1.82) is 0 Å². The van der Waals surface area contributed by atoms with Crippen LogP contribution >= 0.6 is 0 Å². The van der Waals surface area contributed by atoms with Gasteiger partial charge in [0, 0.05) is 18.8 Å². The van der Waals surface area contributed by atoms with Crippen LogP contribution < -0.4 is 10.1 Å². The van der Waals surface area contributed by atoms with Crippen LogP contribution in [0.15, 0.2) is 47.4 Å². The summed E-state index contributed by atoms with van der Waals surface area (Å²) in [5.41, 5.74) is 3.86. The Balaban J connectivity index is 1.61. The van der Waals surface area contributed by atoms with Crippen LogP contribution in [0.1, 0.15) is 23.1 Å². The zero-order valence-corrected chi connectivity index (χ0v) is 14.9. The number of methoxy groups -OCH3 is 1. The first-order valence-electron chi connectivity index (χ1n) is 8.14. The highest BCUT2D eigenvalue weighted by molar-refractivity contribution is 7.90. The minimum atomic E-state index is -3.13. The monoisotopic (exact) mass is 345 g/mol. The van der Waals surface area contributed by atoms with Gasteiger partial charge in [-0.15, -0.1) is 0 Å². The Hall–Kier alpha value is -1.85. The van der Waals surface area contributed by atoms with Gasteiger partial charge in [0.15, 0.2) is 9.84 Å². The van der Waals surface area contributed by atoms with E-state index >= 15 is 0 Å². The summed E-state index contributed by atoms with van der Waals surface area (Å²) >= 11 is 0. The maximum atomic E-state index is 11.5. The van der Waals surface area contributed by atoms with E-state index in [4.69, 9.17) is 4.74 Å². The highest BCUT2D eigenvalue weighted by Gasteiger charge is 2.18. The molecule has 2 aromatic rings. The first kappa shape index (κ1) is 17.0. The zero-order chi connectivity index (χ0) is 17.2. The largest absolute Gasteiger partial charge is 0.497 e. The number of nitrogens with one attached hydrogen (secondary N) is 1. The van der Waals surface area contributed by atoms with Gasteiger partial charge in [-0.1, -0.05) is 18.2 Å².